The van der Waals surface area contributed by atoms with Gasteiger partial charge in [0.1, 0.15) is 0 Å². The second-order valence-corrected chi connectivity index (χ2v) is 6.97. The lowest BCUT2D eigenvalue weighted by Crippen LogP contribution is -2.27. The van der Waals surface area contributed by atoms with Gasteiger partial charge >= 0.3 is 0 Å². The summed E-state index contributed by atoms with van der Waals surface area (Å²) in [5, 5.41) is 0. The molecule has 0 N–H and O–H groups in total. The Labute approximate surface area is 123 Å². The first-order chi connectivity index (χ1) is 9.06. The third kappa shape index (κ3) is 14.2. The van der Waals surface area contributed by atoms with E-state index in [0.717, 1.165) is 11.8 Å². The molecule has 0 radical (unpaired) electrons. The molecule has 0 amide bonds. The molecule has 0 unspecified atom stereocenters. The van der Waals surface area contributed by atoms with Crippen LogP contribution in [0.5, 0.6) is 0 Å². The number of rotatable bonds is 13. The Bertz CT molecular complexity index is 161. The van der Waals surface area contributed by atoms with Crippen LogP contribution in [-0.2, 0) is 0 Å². The fourth-order valence-electron chi connectivity index (χ4n) is 2.54. The molecule has 0 atom stereocenters. The quantitative estimate of drug-likeness (QED) is 0.385. The van der Waals surface area contributed by atoms with Crippen molar-refractivity contribution in [1.29, 1.82) is 0 Å². The summed E-state index contributed by atoms with van der Waals surface area (Å²) in [6.07, 6.45) is 11.1. The molecular formula is C18H39N. The summed E-state index contributed by atoms with van der Waals surface area (Å²) in [4.78, 5) is 2.72. The van der Waals surface area contributed by atoms with E-state index in [1.165, 1.54) is 71.0 Å². The molecule has 19 heavy (non-hydrogen) atoms. The number of hydrogen-bond donors (Lipinski definition) is 0. The van der Waals surface area contributed by atoms with E-state index in [1.807, 2.05) is 0 Å². The van der Waals surface area contributed by atoms with Crippen molar-refractivity contribution in [2.45, 2.75) is 86.0 Å². The Hall–Kier alpha value is -0.0400. The zero-order valence-corrected chi connectivity index (χ0v) is 14.4. The third-order valence-electron chi connectivity index (χ3n) is 3.84. The van der Waals surface area contributed by atoms with Gasteiger partial charge in [-0.15, -0.1) is 0 Å². The summed E-state index contributed by atoms with van der Waals surface area (Å²) < 4.78 is 0. The Kier molecular flexibility index (Phi) is 12.9. The van der Waals surface area contributed by atoms with E-state index in [-0.39, 0.29) is 0 Å². The molecule has 1 heteroatoms. The van der Waals surface area contributed by atoms with Gasteiger partial charge in [-0.05, 0) is 63.6 Å². The Morgan fingerprint density at radius 1 is 0.632 bits per heavy atom. The average Bonchev–Trinajstić information content (AvgIpc) is 2.33. The van der Waals surface area contributed by atoms with Gasteiger partial charge in [0.15, 0.2) is 0 Å². The second kappa shape index (κ2) is 13.0. The van der Waals surface area contributed by atoms with Crippen LogP contribution in [0.25, 0.3) is 0 Å². The Morgan fingerprint density at radius 3 is 1.53 bits per heavy atom. The SMILES string of the molecule is CCCCCCN(CCCC(C)C)CCCC(C)C. The minimum atomic E-state index is 0.859. The summed E-state index contributed by atoms with van der Waals surface area (Å²) in [5.41, 5.74) is 0. The number of unbranched alkanes of at least 4 members (excludes halogenated alkanes) is 3. The van der Waals surface area contributed by atoms with Gasteiger partial charge in [-0.25, -0.2) is 0 Å². The fraction of sp³-hybridized carbons (Fsp3) is 1.00. The zero-order valence-electron chi connectivity index (χ0n) is 14.4. The van der Waals surface area contributed by atoms with Crippen LogP contribution in [0.1, 0.15) is 86.0 Å². The standard InChI is InChI=1S/C18H39N/c1-6-7-8-9-14-19(15-10-12-17(2)3)16-11-13-18(4)5/h17-18H,6-16H2,1-5H3. The minimum Gasteiger partial charge on any atom is -0.303 e. The van der Waals surface area contributed by atoms with Crippen molar-refractivity contribution in [1.82, 2.24) is 4.90 Å². The van der Waals surface area contributed by atoms with Crippen LogP contribution in [0.3, 0.4) is 0 Å². The number of nitrogens with zero attached hydrogens (tertiary/aromatic N) is 1. The van der Waals surface area contributed by atoms with Gasteiger partial charge in [0.2, 0.25) is 0 Å². The molecule has 116 valence electrons. The van der Waals surface area contributed by atoms with Crippen LogP contribution in [-0.4, -0.2) is 24.5 Å². The molecule has 0 aliphatic rings. The first kappa shape index (κ1) is 19.0. The molecule has 0 fully saturated rings. The van der Waals surface area contributed by atoms with Crippen molar-refractivity contribution in [2.24, 2.45) is 11.8 Å². The zero-order chi connectivity index (χ0) is 14.5. The summed E-state index contributed by atoms with van der Waals surface area (Å²) >= 11 is 0. The van der Waals surface area contributed by atoms with Gasteiger partial charge in [-0.1, -0.05) is 53.9 Å². The van der Waals surface area contributed by atoms with Crippen molar-refractivity contribution < 1.29 is 0 Å². The highest BCUT2D eigenvalue weighted by Gasteiger charge is 2.06. The first-order valence-electron chi connectivity index (χ1n) is 8.78. The molecule has 0 aromatic carbocycles. The van der Waals surface area contributed by atoms with Crippen molar-refractivity contribution >= 4 is 0 Å². The van der Waals surface area contributed by atoms with Crippen molar-refractivity contribution in [2.75, 3.05) is 19.6 Å². The molecule has 0 aromatic rings. The average molecular weight is 270 g/mol. The molecular weight excluding hydrogens is 230 g/mol. The van der Waals surface area contributed by atoms with E-state index in [2.05, 4.69) is 39.5 Å². The van der Waals surface area contributed by atoms with Crippen LogP contribution in [0.15, 0.2) is 0 Å². The van der Waals surface area contributed by atoms with Crippen LogP contribution < -0.4 is 0 Å². The molecule has 0 aliphatic heterocycles. The molecule has 0 aliphatic carbocycles. The lowest BCUT2D eigenvalue weighted by Gasteiger charge is -2.23. The molecule has 0 spiro atoms. The lowest BCUT2D eigenvalue weighted by atomic mass is 10.1. The molecule has 0 aromatic heterocycles. The summed E-state index contributed by atoms with van der Waals surface area (Å²) in [7, 11) is 0. The Morgan fingerprint density at radius 2 is 1.11 bits per heavy atom. The largest absolute Gasteiger partial charge is 0.303 e. The second-order valence-electron chi connectivity index (χ2n) is 6.97. The minimum absolute atomic E-state index is 0.859. The predicted octanol–water partition coefficient (Wildman–Crippen LogP) is 5.74. The van der Waals surface area contributed by atoms with Crippen molar-refractivity contribution in [3.63, 3.8) is 0 Å². The summed E-state index contributed by atoms with van der Waals surface area (Å²) in [5.74, 6) is 1.72. The van der Waals surface area contributed by atoms with Gasteiger partial charge < -0.3 is 4.90 Å². The topological polar surface area (TPSA) is 3.24 Å². The lowest BCUT2D eigenvalue weighted by molar-refractivity contribution is 0.248. The van der Waals surface area contributed by atoms with Gasteiger partial charge in [0.25, 0.3) is 0 Å². The van der Waals surface area contributed by atoms with Crippen molar-refractivity contribution in [3.05, 3.63) is 0 Å². The van der Waals surface area contributed by atoms with E-state index in [1.54, 1.807) is 0 Å². The van der Waals surface area contributed by atoms with Gasteiger partial charge in [0.05, 0.1) is 0 Å². The van der Waals surface area contributed by atoms with E-state index >= 15 is 0 Å². The smallest absolute Gasteiger partial charge is 0.00186 e. The van der Waals surface area contributed by atoms with Crippen LogP contribution >= 0.6 is 0 Å². The van der Waals surface area contributed by atoms with Crippen LogP contribution in [0.2, 0.25) is 0 Å². The molecule has 0 saturated carbocycles. The third-order valence-corrected chi connectivity index (χ3v) is 3.84. The molecule has 1 nitrogen and oxygen atoms in total. The van der Waals surface area contributed by atoms with Crippen LogP contribution in [0, 0.1) is 11.8 Å². The maximum Gasteiger partial charge on any atom is -0.00186 e. The monoisotopic (exact) mass is 269 g/mol. The van der Waals surface area contributed by atoms with E-state index in [9.17, 15) is 0 Å². The summed E-state index contributed by atoms with van der Waals surface area (Å²) in [6.45, 7) is 15.6. The van der Waals surface area contributed by atoms with E-state index in [0.29, 0.717) is 0 Å². The molecule has 0 rings (SSSR count). The first-order valence-corrected chi connectivity index (χ1v) is 8.78. The highest BCUT2D eigenvalue weighted by Crippen LogP contribution is 2.10. The van der Waals surface area contributed by atoms with Crippen LogP contribution in [0.4, 0.5) is 0 Å². The Balaban J connectivity index is 3.78. The normalized spacial score (nSPS) is 12.0. The highest BCUT2D eigenvalue weighted by molar-refractivity contribution is 4.61. The van der Waals surface area contributed by atoms with Gasteiger partial charge in [-0.3, -0.25) is 0 Å². The summed E-state index contributed by atoms with van der Waals surface area (Å²) in [6, 6.07) is 0. The number of hydrogen-bond acceptors (Lipinski definition) is 1. The van der Waals surface area contributed by atoms with E-state index in [4.69, 9.17) is 0 Å². The molecule has 0 heterocycles. The molecule has 0 saturated heterocycles. The fourth-order valence-corrected chi connectivity index (χ4v) is 2.54. The maximum absolute atomic E-state index is 2.72. The van der Waals surface area contributed by atoms with E-state index < -0.39 is 0 Å². The highest BCUT2D eigenvalue weighted by atomic mass is 15.1. The predicted molar refractivity (Wildman–Crippen MR) is 88.7 cm³/mol. The molecule has 0 bridgehead atoms. The van der Waals surface area contributed by atoms with Gasteiger partial charge in [-0.2, -0.15) is 0 Å². The van der Waals surface area contributed by atoms with Crippen molar-refractivity contribution in [3.8, 4) is 0 Å². The van der Waals surface area contributed by atoms with Gasteiger partial charge in [0, 0.05) is 0 Å². The maximum atomic E-state index is 2.72.